The van der Waals surface area contributed by atoms with E-state index < -0.39 is 0 Å². The Morgan fingerprint density at radius 2 is 2.00 bits per heavy atom. The molecule has 5 nitrogen and oxygen atoms in total. The molecule has 4 rings (SSSR count). The van der Waals surface area contributed by atoms with Crippen LogP contribution >= 0.6 is 0 Å². The molecular formula is C22H25N3O2. The molecule has 0 spiro atoms. The van der Waals surface area contributed by atoms with Crippen LogP contribution in [0.1, 0.15) is 43.2 Å². The highest BCUT2D eigenvalue weighted by Crippen LogP contribution is 2.33. The zero-order valence-electron chi connectivity index (χ0n) is 15.7. The molecule has 1 saturated heterocycles. The van der Waals surface area contributed by atoms with Crippen LogP contribution in [-0.4, -0.2) is 28.7 Å². The summed E-state index contributed by atoms with van der Waals surface area (Å²) >= 11 is 0. The average Bonchev–Trinajstić information content (AvgIpc) is 3.10. The molecule has 1 aliphatic rings. The highest BCUT2D eigenvalue weighted by atomic mass is 16.5. The second-order valence-corrected chi connectivity index (χ2v) is 7.00. The zero-order chi connectivity index (χ0) is 18.5. The van der Waals surface area contributed by atoms with Crippen molar-refractivity contribution in [1.82, 2.24) is 15.0 Å². The van der Waals surface area contributed by atoms with Crippen molar-refractivity contribution in [2.45, 2.75) is 38.3 Å². The standard InChI is InChI=1S/C22H25N3O2/c1-26-19-11-9-17(10-12-19)20-15-22(27-24-20)21-8-3-2-6-14-25(21)16-18-7-4-5-13-23-18/h4-5,7,9-13,15,21H,2-3,6,8,14,16H2,1H3/t21-/m0/s1. The third-order valence-electron chi connectivity index (χ3n) is 5.20. The summed E-state index contributed by atoms with van der Waals surface area (Å²) in [6.45, 7) is 1.89. The lowest BCUT2D eigenvalue weighted by Crippen LogP contribution is -2.28. The molecule has 1 aromatic carbocycles. The van der Waals surface area contributed by atoms with E-state index in [0.29, 0.717) is 0 Å². The number of pyridine rings is 1. The Morgan fingerprint density at radius 3 is 2.78 bits per heavy atom. The van der Waals surface area contributed by atoms with Gasteiger partial charge in [0.05, 0.1) is 18.8 Å². The molecule has 2 aromatic heterocycles. The summed E-state index contributed by atoms with van der Waals surface area (Å²) in [6, 6.07) is 16.3. The van der Waals surface area contributed by atoms with Crippen LogP contribution in [0.25, 0.3) is 11.3 Å². The molecule has 0 amide bonds. The van der Waals surface area contributed by atoms with E-state index in [1.165, 1.54) is 19.3 Å². The molecule has 5 heteroatoms. The summed E-state index contributed by atoms with van der Waals surface area (Å²) in [4.78, 5) is 6.98. The van der Waals surface area contributed by atoms with Crippen molar-refractivity contribution in [3.8, 4) is 17.0 Å². The Labute approximate surface area is 160 Å². The van der Waals surface area contributed by atoms with Crippen LogP contribution in [0.2, 0.25) is 0 Å². The number of ether oxygens (including phenoxy) is 1. The maximum Gasteiger partial charge on any atom is 0.154 e. The van der Waals surface area contributed by atoms with E-state index in [9.17, 15) is 0 Å². The Kier molecular flexibility index (Phi) is 5.49. The number of hydrogen-bond donors (Lipinski definition) is 0. The van der Waals surface area contributed by atoms with E-state index in [2.05, 4.69) is 27.2 Å². The number of rotatable bonds is 5. The van der Waals surface area contributed by atoms with Gasteiger partial charge in [0, 0.05) is 24.4 Å². The maximum absolute atomic E-state index is 5.80. The van der Waals surface area contributed by atoms with E-state index in [0.717, 1.165) is 48.0 Å². The molecule has 27 heavy (non-hydrogen) atoms. The van der Waals surface area contributed by atoms with Gasteiger partial charge in [0.25, 0.3) is 0 Å². The van der Waals surface area contributed by atoms with E-state index >= 15 is 0 Å². The Hall–Kier alpha value is -2.66. The first-order chi connectivity index (χ1) is 13.3. The molecule has 0 radical (unpaired) electrons. The van der Waals surface area contributed by atoms with Crippen LogP contribution in [0.3, 0.4) is 0 Å². The predicted molar refractivity (Wildman–Crippen MR) is 104 cm³/mol. The molecule has 0 N–H and O–H groups in total. The molecule has 140 valence electrons. The van der Waals surface area contributed by atoms with Gasteiger partial charge in [-0.2, -0.15) is 0 Å². The number of hydrogen-bond acceptors (Lipinski definition) is 5. The van der Waals surface area contributed by atoms with Crippen molar-refractivity contribution in [2.75, 3.05) is 13.7 Å². The molecule has 1 fully saturated rings. The number of methoxy groups -OCH3 is 1. The first kappa shape index (κ1) is 17.7. The van der Waals surface area contributed by atoms with Gasteiger partial charge in [-0.3, -0.25) is 9.88 Å². The molecule has 0 bridgehead atoms. The predicted octanol–water partition coefficient (Wildman–Crippen LogP) is 4.86. The molecule has 3 heterocycles. The van der Waals surface area contributed by atoms with Crippen LogP contribution in [0.5, 0.6) is 5.75 Å². The fourth-order valence-electron chi connectivity index (χ4n) is 3.72. The summed E-state index contributed by atoms with van der Waals surface area (Å²) in [5, 5.41) is 4.33. The van der Waals surface area contributed by atoms with Crippen LogP contribution < -0.4 is 4.74 Å². The Morgan fingerprint density at radius 1 is 1.11 bits per heavy atom. The molecular weight excluding hydrogens is 338 g/mol. The maximum atomic E-state index is 5.80. The molecule has 1 atom stereocenters. The van der Waals surface area contributed by atoms with Crippen LogP contribution in [0.4, 0.5) is 0 Å². The summed E-state index contributed by atoms with van der Waals surface area (Å²) in [6.07, 6.45) is 6.63. The quantitative estimate of drug-likeness (QED) is 0.648. The lowest BCUT2D eigenvalue weighted by Gasteiger charge is -2.27. The lowest BCUT2D eigenvalue weighted by atomic mass is 10.1. The number of aromatic nitrogens is 2. The number of benzene rings is 1. The van der Waals surface area contributed by atoms with E-state index in [1.807, 2.05) is 42.6 Å². The molecule has 0 aliphatic carbocycles. The van der Waals surface area contributed by atoms with Gasteiger partial charge >= 0.3 is 0 Å². The minimum atomic E-state index is 0.244. The third-order valence-corrected chi connectivity index (χ3v) is 5.20. The summed E-state index contributed by atoms with van der Waals surface area (Å²) < 4.78 is 11.0. The summed E-state index contributed by atoms with van der Waals surface area (Å²) in [5.41, 5.74) is 3.00. The van der Waals surface area contributed by atoms with Gasteiger partial charge in [0.2, 0.25) is 0 Å². The smallest absolute Gasteiger partial charge is 0.154 e. The Balaban J connectivity index is 1.56. The summed E-state index contributed by atoms with van der Waals surface area (Å²) in [7, 11) is 1.67. The normalized spacial score (nSPS) is 18.2. The third kappa shape index (κ3) is 4.19. The number of nitrogens with zero attached hydrogens (tertiary/aromatic N) is 3. The highest BCUT2D eigenvalue weighted by molar-refractivity contribution is 5.60. The number of likely N-dealkylation sites (tertiary alicyclic amines) is 1. The fraction of sp³-hybridized carbons (Fsp3) is 0.364. The van der Waals surface area contributed by atoms with Gasteiger partial charge in [-0.25, -0.2) is 0 Å². The second-order valence-electron chi connectivity index (χ2n) is 7.00. The Bertz CT molecular complexity index is 846. The SMILES string of the molecule is COc1ccc(-c2cc([C@@H]3CCCCCN3Cc3ccccn3)on2)cc1. The van der Waals surface area contributed by atoms with Gasteiger partial charge in [-0.1, -0.05) is 24.1 Å². The largest absolute Gasteiger partial charge is 0.497 e. The molecule has 0 saturated carbocycles. The van der Waals surface area contributed by atoms with Gasteiger partial charge in [-0.15, -0.1) is 0 Å². The van der Waals surface area contributed by atoms with Crippen molar-refractivity contribution in [1.29, 1.82) is 0 Å². The fourth-order valence-corrected chi connectivity index (χ4v) is 3.72. The van der Waals surface area contributed by atoms with Gasteiger partial charge in [-0.05, 0) is 55.8 Å². The summed E-state index contributed by atoms with van der Waals surface area (Å²) in [5.74, 6) is 1.78. The lowest BCUT2D eigenvalue weighted by molar-refractivity contribution is 0.158. The van der Waals surface area contributed by atoms with E-state index in [1.54, 1.807) is 7.11 Å². The van der Waals surface area contributed by atoms with Crippen LogP contribution in [-0.2, 0) is 6.54 Å². The van der Waals surface area contributed by atoms with Crippen molar-refractivity contribution < 1.29 is 9.26 Å². The van der Waals surface area contributed by atoms with E-state index in [4.69, 9.17) is 9.26 Å². The van der Waals surface area contributed by atoms with Crippen molar-refractivity contribution in [3.63, 3.8) is 0 Å². The van der Waals surface area contributed by atoms with Gasteiger partial charge in [0.1, 0.15) is 11.4 Å². The van der Waals surface area contributed by atoms with E-state index in [-0.39, 0.29) is 6.04 Å². The average molecular weight is 363 g/mol. The topological polar surface area (TPSA) is 51.4 Å². The minimum Gasteiger partial charge on any atom is -0.497 e. The van der Waals surface area contributed by atoms with Crippen LogP contribution in [0.15, 0.2) is 59.3 Å². The zero-order valence-corrected chi connectivity index (χ0v) is 15.7. The molecule has 3 aromatic rings. The van der Waals surface area contributed by atoms with Crippen molar-refractivity contribution >= 4 is 0 Å². The second kappa shape index (κ2) is 8.35. The molecule has 0 unspecified atom stereocenters. The highest BCUT2D eigenvalue weighted by Gasteiger charge is 2.26. The van der Waals surface area contributed by atoms with Gasteiger partial charge < -0.3 is 9.26 Å². The van der Waals surface area contributed by atoms with Crippen molar-refractivity contribution in [2.24, 2.45) is 0 Å². The first-order valence-electron chi connectivity index (χ1n) is 9.58. The monoisotopic (exact) mass is 363 g/mol. The minimum absolute atomic E-state index is 0.244. The molecule has 1 aliphatic heterocycles. The van der Waals surface area contributed by atoms with Crippen LogP contribution in [0, 0.1) is 0 Å². The first-order valence-corrected chi connectivity index (χ1v) is 9.58. The van der Waals surface area contributed by atoms with Gasteiger partial charge in [0.15, 0.2) is 5.76 Å². The van der Waals surface area contributed by atoms with Crippen molar-refractivity contribution in [3.05, 3.63) is 66.2 Å².